The van der Waals surface area contributed by atoms with E-state index in [-0.39, 0.29) is 46.1 Å². The number of benzene rings is 1. The van der Waals surface area contributed by atoms with E-state index in [2.05, 4.69) is 25.9 Å². The van der Waals surface area contributed by atoms with Crippen LogP contribution in [-0.2, 0) is 23.8 Å². The maximum absolute atomic E-state index is 13.1. The van der Waals surface area contributed by atoms with Gasteiger partial charge in [-0.15, -0.1) is 0 Å². The van der Waals surface area contributed by atoms with Crippen LogP contribution in [0.3, 0.4) is 0 Å². The van der Waals surface area contributed by atoms with Gasteiger partial charge in [0.05, 0.1) is 11.1 Å². The van der Waals surface area contributed by atoms with Gasteiger partial charge in [0.15, 0.2) is 0 Å². The number of rotatable bonds is 7. The first kappa shape index (κ1) is 29.5. The highest BCUT2D eigenvalue weighted by atomic mass is 79.9. The molecule has 2 aromatic heterocycles. The van der Waals surface area contributed by atoms with E-state index in [4.69, 9.17) is 19.9 Å². The second-order valence-electron chi connectivity index (χ2n) is 8.73. The monoisotopic (exact) mass is 640 g/mol. The topological polar surface area (TPSA) is 203 Å². The Morgan fingerprint density at radius 2 is 1.88 bits per heavy atom. The van der Waals surface area contributed by atoms with Crippen molar-refractivity contribution in [1.82, 2.24) is 14.5 Å². The number of nitrogen functional groups attached to an aromatic ring is 1. The number of ether oxygens (including phenoxy) is 3. The van der Waals surface area contributed by atoms with Crippen LogP contribution in [0.15, 0.2) is 54.4 Å². The summed E-state index contributed by atoms with van der Waals surface area (Å²) < 4.78 is 18.1. The van der Waals surface area contributed by atoms with E-state index in [0.29, 0.717) is 4.90 Å². The molecule has 0 bridgehead atoms. The molecule has 3 atom stereocenters. The minimum atomic E-state index is -1.06. The third kappa shape index (κ3) is 6.49. The molecule has 13 nitrogen and oxygen atoms in total. The number of pyridine rings is 1. The van der Waals surface area contributed by atoms with Crippen molar-refractivity contribution in [2.75, 3.05) is 12.3 Å². The lowest BCUT2D eigenvalue weighted by atomic mass is 9.99. The summed E-state index contributed by atoms with van der Waals surface area (Å²) in [5, 5.41) is 20.2. The van der Waals surface area contributed by atoms with Crippen molar-refractivity contribution in [3.05, 3.63) is 66.9 Å². The van der Waals surface area contributed by atoms with E-state index in [9.17, 15) is 29.7 Å². The molecule has 41 heavy (non-hydrogen) atoms. The number of aromatic amines is 1. The van der Waals surface area contributed by atoms with Gasteiger partial charge in [0.1, 0.15) is 53.6 Å². The molecule has 0 saturated carbocycles. The molecule has 3 N–H and O–H groups in total. The summed E-state index contributed by atoms with van der Waals surface area (Å²) in [5.74, 6) is -1.41. The number of hydrogen-bond acceptors (Lipinski definition) is 12. The second-order valence-corrected chi connectivity index (χ2v) is 10.7. The lowest BCUT2D eigenvalue weighted by Crippen LogP contribution is -2.33. The predicted octanol–water partition coefficient (Wildman–Crippen LogP) is 2.62. The number of carbonyl (C=O) groups excluding carboxylic acids is 2. The van der Waals surface area contributed by atoms with Gasteiger partial charge in [0, 0.05) is 41.4 Å². The smallest absolute Gasteiger partial charge is 0.330 e. The van der Waals surface area contributed by atoms with Gasteiger partial charge in [-0.3, -0.25) is 23.9 Å². The Morgan fingerprint density at radius 1 is 1.20 bits per heavy atom. The fraction of sp³-hybridized carbons (Fsp3) is 0.269. The maximum atomic E-state index is 13.1. The number of carbonyl (C=O) groups is 2. The van der Waals surface area contributed by atoms with Gasteiger partial charge < -0.3 is 19.9 Å². The van der Waals surface area contributed by atoms with Crippen molar-refractivity contribution in [2.45, 2.75) is 48.6 Å². The van der Waals surface area contributed by atoms with E-state index in [1.807, 2.05) is 12.1 Å². The van der Waals surface area contributed by atoms with Crippen LogP contribution in [0, 0.1) is 22.7 Å². The molecule has 1 fully saturated rings. The van der Waals surface area contributed by atoms with Gasteiger partial charge in [-0.1, -0.05) is 27.7 Å². The number of nitrogens with one attached hydrogen (secondary N) is 1. The summed E-state index contributed by atoms with van der Waals surface area (Å²) in [6.45, 7) is 2.16. The molecule has 0 amide bonds. The molecule has 1 saturated heterocycles. The molecule has 210 valence electrons. The molecule has 1 aromatic carbocycles. The number of halogens is 1. The highest BCUT2D eigenvalue weighted by Crippen LogP contribution is 2.38. The molecule has 1 unspecified atom stereocenters. The zero-order valence-corrected chi connectivity index (χ0v) is 23.9. The maximum Gasteiger partial charge on any atom is 0.330 e. The van der Waals surface area contributed by atoms with Crippen molar-refractivity contribution in [1.29, 1.82) is 10.5 Å². The van der Waals surface area contributed by atoms with E-state index in [1.165, 1.54) is 13.8 Å². The van der Waals surface area contributed by atoms with Gasteiger partial charge in [-0.05, 0) is 24.3 Å². The first-order chi connectivity index (χ1) is 19.5. The summed E-state index contributed by atoms with van der Waals surface area (Å²) >= 11 is 4.46. The SMILES string of the molecule is CC(=O)OC[C@H]1O[C@@H](n2cc(-c3c(C#N)c(N)nc(Sc4ccc(Br)cc4)c3C#N)c(=O)[nH]c2=O)CC1OC(C)=O. The van der Waals surface area contributed by atoms with Crippen molar-refractivity contribution in [3.63, 3.8) is 0 Å². The van der Waals surface area contributed by atoms with Crippen molar-refractivity contribution < 1.29 is 23.8 Å². The third-order valence-corrected chi connectivity index (χ3v) is 7.47. The fourth-order valence-corrected chi connectivity index (χ4v) is 5.34. The lowest BCUT2D eigenvalue weighted by molar-refractivity contribution is -0.155. The quantitative estimate of drug-likeness (QED) is 0.358. The Bertz CT molecular complexity index is 1720. The number of anilines is 1. The zero-order valence-electron chi connectivity index (χ0n) is 21.5. The van der Waals surface area contributed by atoms with Crippen LogP contribution in [0.1, 0.15) is 37.6 Å². The zero-order chi connectivity index (χ0) is 29.8. The van der Waals surface area contributed by atoms with Gasteiger partial charge in [-0.2, -0.15) is 10.5 Å². The van der Waals surface area contributed by atoms with Crippen LogP contribution >= 0.6 is 27.7 Å². The normalized spacial score (nSPS) is 17.8. The Kier molecular flexibility index (Phi) is 8.92. The molecule has 0 radical (unpaired) electrons. The van der Waals surface area contributed by atoms with Crippen LogP contribution in [0.5, 0.6) is 0 Å². The van der Waals surface area contributed by atoms with Crippen LogP contribution in [0.25, 0.3) is 11.1 Å². The summed E-state index contributed by atoms with van der Waals surface area (Å²) in [4.78, 5) is 56.1. The molecule has 1 aliphatic rings. The van der Waals surface area contributed by atoms with Crippen molar-refractivity contribution in [3.8, 4) is 23.3 Å². The predicted molar refractivity (Wildman–Crippen MR) is 147 cm³/mol. The summed E-state index contributed by atoms with van der Waals surface area (Å²) in [5.41, 5.74) is 3.71. The number of nitrogens with zero attached hydrogens (tertiary/aromatic N) is 4. The minimum Gasteiger partial charge on any atom is -0.463 e. The Labute approximate surface area is 245 Å². The number of H-pyrrole nitrogens is 1. The van der Waals surface area contributed by atoms with E-state index < -0.39 is 41.6 Å². The van der Waals surface area contributed by atoms with Crippen LogP contribution < -0.4 is 17.0 Å². The lowest BCUT2D eigenvalue weighted by Gasteiger charge is -2.18. The van der Waals surface area contributed by atoms with Gasteiger partial charge >= 0.3 is 17.6 Å². The largest absolute Gasteiger partial charge is 0.463 e. The van der Waals surface area contributed by atoms with Gasteiger partial charge in [0.25, 0.3) is 5.56 Å². The van der Waals surface area contributed by atoms with Crippen LogP contribution in [0.2, 0.25) is 0 Å². The highest BCUT2D eigenvalue weighted by molar-refractivity contribution is 9.10. The van der Waals surface area contributed by atoms with Gasteiger partial charge in [-0.25, -0.2) is 9.78 Å². The van der Waals surface area contributed by atoms with Gasteiger partial charge in [0.2, 0.25) is 0 Å². The first-order valence-corrected chi connectivity index (χ1v) is 13.5. The number of aromatic nitrogens is 3. The molecular weight excluding hydrogens is 620 g/mol. The standard InChI is InChI=1S/C26H21BrN6O7S/c1-12(34)38-11-20-19(39-13(2)35)7-21(40-20)33-10-18(24(36)32-26(33)37)22-16(8-28)23(30)31-25(17(22)9-29)41-15-5-3-14(27)4-6-15/h3-6,10,19-21H,7,11H2,1-2H3,(H2,30,31)(H,32,36,37)/t19?,20-,21-/m1/s1. The molecule has 3 aromatic rings. The summed E-state index contributed by atoms with van der Waals surface area (Å²) in [6, 6.07) is 11.1. The average Bonchev–Trinajstić information content (AvgIpc) is 3.30. The molecule has 3 heterocycles. The number of nitriles is 2. The fourth-order valence-electron chi connectivity index (χ4n) is 4.19. The van der Waals surface area contributed by atoms with E-state index >= 15 is 0 Å². The Hall–Kier alpha value is -4.44. The summed E-state index contributed by atoms with van der Waals surface area (Å²) in [7, 11) is 0. The molecule has 0 aliphatic carbocycles. The molecular formula is C26H21BrN6O7S. The Morgan fingerprint density at radius 3 is 2.49 bits per heavy atom. The highest BCUT2D eigenvalue weighted by Gasteiger charge is 2.40. The Balaban J connectivity index is 1.83. The molecule has 0 spiro atoms. The molecule has 1 aliphatic heterocycles. The molecule has 4 rings (SSSR count). The van der Waals surface area contributed by atoms with Crippen molar-refractivity contribution >= 4 is 45.4 Å². The first-order valence-electron chi connectivity index (χ1n) is 11.9. The minimum absolute atomic E-state index is 0.0176. The number of esters is 2. The number of nitrogens with two attached hydrogens (primary N) is 1. The summed E-state index contributed by atoms with van der Waals surface area (Å²) in [6.07, 6.45) is -1.69. The number of hydrogen-bond donors (Lipinski definition) is 2. The van der Waals surface area contributed by atoms with E-state index in [0.717, 1.165) is 27.0 Å². The average molecular weight is 641 g/mol. The van der Waals surface area contributed by atoms with Crippen LogP contribution in [-0.4, -0.2) is 45.3 Å². The second kappa shape index (κ2) is 12.4. The molecule has 15 heteroatoms. The van der Waals surface area contributed by atoms with Crippen molar-refractivity contribution in [2.24, 2.45) is 0 Å². The van der Waals surface area contributed by atoms with Crippen LogP contribution in [0.4, 0.5) is 5.82 Å². The third-order valence-electron chi connectivity index (χ3n) is 5.94. The van der Waals surface area contributed by atoms with E-state index in [1.54, 1.807) is 24.3 Å².